The molecule has 0 aromatic rings. The van der Waals surface area contributed by atoms with Gasteiger partial charge >= 0.3 is 5.97 Å². The second-order valence-electron chi connectivity index (χ2n) is 13.8. The predicted octanol–water partition coefficient (Wildman–Crippen LogP) is 4.97. The Hall–Kier alpha value is -0.650. The van der Waals surface area contributed by atoms with Gasteiger partial charge in [-0.3, -0.25) is 4.79 Å². The lowest BCUT2D eigenvalue weighted by molar-refractivity contribution is -0.169. The first-order valence-electron chi connectivity index (χ1n) is 14.7. The number of hydrogen-bond donors (Lipinski definition) is 2. The van der Waals surface area contributed by atoms with E-state index in [0.29, 0.717) is 52.8 Å². The molecule has 35 heavy (non-hydrogen) atoms. The number of nitrogens with one attached hydrogen (secondary N) is 1. The van der Waals surface area contributed by atoms with Gasteiger partial charge in [0.15, 0.2) is 0 Å². The summed E-state index contributed by atoms with van der Waals surface area (Å²) in [4.78, 5) is 14.0. The lowest BCUT2D eigenvalue weighted by Crippen LogP contribution is -2.58. The summed E-state index contributed by atoms with van der Waals surface area (Å²) in [6.07, 6.45) is 11.4. The van der Waals surface area contributed by atoms with E-state index in [2.05, 4.69) is 45.1 Å². The summed E-state index contributed by atoms with van der Waals surface area (Å²) in [5, 5.41) is 15.3. The number of aliphatic hydroxyl groups excluding tert-OH is 1. The maximum atomic E-state index is 11.8. The summed E-state index contributed by atoms with van der Waals surface area (Å²) in [5.41, 5.74) is 0.717. The average Bonchev–Trinajstić information content (AvgIpc) is 3.17. The second-order valence-corrected chi connectivity index (χ2v) is 13.8. The Bertz CT molecular complexity index is 728. The van der Waals surface area contributed by atoms with Crippen molar-refractivity contribution in [1.29, 1.82) is 0 Å². The van der Waals surface area contributed by atoms with Crippen molar-refractivity contribution in [3.05, 3.63) is 0 Å². The van der Waals surface area contributed by atoms with Crippen LogP contribution < -0.4 is 5.32 Å². The van der Waals surface area contributed by atoms with Gasteiger partial charge < -0.3 is 20.1 Å². The predicted molar refractivity (Wildman–Crippen MR) is 142 cm³/mol. The lowest BCUT2D eigenvalue weighted by atomic mass is 9.43. The number of carbonyl (C=O) groups is 1. The molecule has 0 aliphatic heterocycles. The van der Waals surface area contributed by atoms with Crippen LogP contribution in [0.4, 0.5) is 0 Å². The van der Waals surface area contributed by atoms with Gasteiger partial charge in [0.25, 0.3) is 0 Å². The molecule has 0 aromatic heterocycles. The summed E-state index contributed by atoms with van der Waals surface area (Å²) in [6.45, 7) is 10.8. The normalized spacial score (nSPS) is 43.8. The molecule has 5 heteroatoms. The van der Waals surface area contributed by atoms with E-state index < -0.39 is 0 Å². The Balaban J connectivity index is 1.40. The van der Waals surface area contributed by atoms with Crippen molar-refractivity contribution in [1.82, 2.24) is 10.2 Å². The van der Waals surface area contributed by atoms with E-state index >= 15 is 0 Å². The number of ether oxygens (including phenoxy) is 1. The largest absolute Gasteiger partial charge is 0.469 e. The fourth-order valence-electron chi connectivity index (χ4n) is 9.73. The van der Waals surface area contributed by atoms with Crippen molar-refractivity contribution in [3.63, 3.8) is 0 Å². The van der Waals surface area contributed by atoms with E-state index in [1.165, 1.54) is 52.1 Å². The third-order valence-electron chi connectivity index (χ3n) is 11.8. The van der Waals surface area contributed by atoms with Crippen LogP contribution in [0.2, 0.25) is 0 Å². The zero-order valence-corrected chi connectivity index (χ0v) is 23.5. The summed E-state index contributed by atoms with van der Waals surface area (Å²) in [5.74, 6) is 4.37. The van der Waals surface area contributed by atoms with E-state index in [1.807, 2.05) is 0 Å². The Labute approximate surface area is 215 Å². The topological polar surface area (TPSA) is 61.8 Å². The molecule has 4 fully saturated rings. The highest BCUT2D eigenvalue weighted by Gasteiger charge is 2.62. The van der Waals surface area contributed by atoms with Gasteiger partial charge in [0, 0.05) is 19.5 Å². The molecular formula is C30H54N2O3. The summed E-state index contributed by atoms with van der Waals surface area (Å²) < 4.78 is 4.91. The minimum Gasteiger partial charge on any atom is -0.469 e. The fourth-order valence-corrected chi connectivity index (χ4v) is 9.73. The van der Waals surface area contributed by atoms with Crippen molar-refractivity contribution in [3.8, 4) is 0 Å². The maximum Gasteiger partial charge on any atom is 0.305 e. The van der Waals surface area contributed by atoms with Gasteiger partial charge in [0.05, 0.1) is 13.2 Å². The highest BCUT2D eigenvalue weighted by molar-refractivity contribution is 5.69. The molecule has 0 aromatic carbocycles. The van der Waals surface area contributed by atoms with Crippen LogP contribution in [0.1, 0.15) is 85.0 Å². The van der Waals surface area contributed by atoms with Crippen molar-refractivity contribution in [2.75, 3.05) is 40.8 Å². The van der Waals surface area contributed by atoms with Crippen LogP contribution in [0.25, 0.3) is 0 Å². The number of esters is 1. The molecule has 4 aliphatic carbocycles. The van der Waals surface area contributed by atoms with Crippen LogP contribution in [0.5, 0.6) is 0 Å². The van der Waals surface area contributed by atoms with E-state index in [1.54, 1.807) is 0 Å². The number of fused-ring (bicyclic) bond motifs is 5. The monoisotopic (exact) mass is 490 g/mol. The maximum absolute atomic E-state index is 11.8. The molecule has 0 radical (unpaired) electrons. The van der Waals surface area contributed by atoms with Gasteiger partial charge in [-0.15, -0.1) is 0 Å². The molecule has 4 unspecified atom stereocenters. The van der Waals surface area contributed by atoms with Gasteiger partial charge in [-0.1, -0.05) is 20.8 Å². The molecule has 4 aliphatic rings. The molecule has 0 heterocycles. The molecule has 0 bridgehead atoms. The fraction of sp³-hybridized carbons (Fsp3) is 0.967. The number of nitrogens with zero attached hydrogens (tertiary/aromatic N) is 1. The Kier molecular flexibility index (Phi) is 8.60. The zero-order chi connectivity index (χ0) is 25.4. The molecule has 2 N–H and O–H groups in total. The zero-order valence-electron chi connectivity index (χ0n) is 23.5. The third-order valence-corrected chi connectivity index (χ3v) is 11.8. The van der Waals surface area contributed by atoms with Crippen LogP contribution in [-0.4, -0.2) is 62.9 Å². The van der Waals surface area contributed by atoms with Crippen LogP contribution in [-0.2, 0) is 9.53 Å². The van der Waals surface area contributed by atoms with Crippen molar-refractivity contribution in [2.24, 2.45) is 52.3 Å². The summed E-state index contributed by atoms with van der Waals surface area (Å²) >= 11 is 0. The molecule has 5 nitrogen and oxygen atoms in total. The second kappa shape index (κ2) is 11.0. The first-order valence-corrected chi connectivity index (χ1v) is 14.7. The van der Waals surface area contributed by atoms with E-state index in [-0.39, 0.29) is 12.1 Å². The molecule has 4 saturated carbocycles. The van der Waals surface area contributed by atoms with Crippen molar-refractivity contribution < 1.29 is 14.6 Å². The van der Waals surface area contributed by atoms with Crippen molar-refractivity contribution in [2.45, 2.75) is 91.1 Å². The van der Waals surface area contributed by atoms with Gasteiger partial charge in [-0.2, -0.15) is 0 Å². The Morgan fingerprint density at radius 1 is 1.09 bits per heavy atom. The summed E-state index contributed by atoms with van der Waals surface area (Å²) in [6, 6.07) is 0. The number of likely N-dealkylation sites (N-methyl/N-ethyl adjacent to an activating group) is 1. The van der Waals surface area contributed by atoms with E-state index in [0.717, 1.165) is 38.4 Å². The van der Waals surface area contributed by atoms with Gasteiger partial charge in [-0.25, -0.2) is 0 Å². The van der Waals surface area contributed by atoms with Gasteiger partial charge in [0.1, 0.15) is 0 Å². The highest BCUT2D eigenvalue weighted by Crippen LogP contribution is 2.68. The van der Waals surface area contributed by atoms with E-state index in [4.69, 9.17) is 4.74 Å². The molecule has 0 spiro atoms. The third kappa shape index (κ3) is 5.34. The molecule has 4 rings (SSSR count). The Morgan fingerprint density at radius 3 is 2.51 bits per heavy atom. The first kappa shape index (κ1) is 27.4. The lowest BCUT2D eigenvalue weighted by Gasteiger charge is -2.62. The van der Waals surface area contributed by atoms with Crippen LogP contribution in [0.3, 0.4) is 0 Å². The standard InChI is InChI=1S/C30H54N2O3/c1-20(7-10-27(34)35-6)23-8-9-24-28-25(12-14-30(23,24)3)29(2)13-11-21(17-22(29)18-26(28)33)19-31-15-16-32(4)5/h20-26,28,31,33H,7-19H2,1-6H3/t20-,21?,22-,23-,24?,25?,26-,28?,29+,30-/m1/s1. The number of rotatable bonds is 9. The first-order chi connectivity index (χ1) is 16.6. The van der Waals surface area contributed by atoms with E-state index in [9.17, 15) is 9.90 Å². The van der Waals surface area contributed by atoms with Crippen LogP contribution in [0, 0.1) is 52.3 Å². The molecule has 0 saturated heterocycles. The van der Waals surface area contributed by atoms with Crippen molar-refractivity contribution >= 4 is 5.97 Å². The molecule has 202 valence electrons. The molecule has 10 atom stereocenters. The number of carbonyl (C=O) groups excluding carboxylic acids is 1. The van der Waals surface area contributed by atoms with Gasteiger partial charge in [-0.05, 0) is 131 Å². The molecule has 0 amide bonds. The average molecular weight is 491 g/mol. The van der Waals surface area contributed by atoms with Crippen LogP contribution in [0.15, 0.2) is 0 Å². The Morgan fingerprint density at radius 2 is 1.80 bits per heavy atom. The number of aliphatic hydroxyl groups is 1. The number of methoxy groups -OCH3 is 1. The molecular weight excluding hydrogens is 436 g/mol. The quantitative estimate of drug-likeness (QED) is 0.353. The van der Waals surface area contributed by atoms with Crippen LogP contribution >= 0.6 is 0 Å². The van der Waals surface area contributed by atoms with Gasteiger partial charge in [0.2, 0.25) is 0 Å². The highest BCUT2D eigenvalue weighted by atomic mass is 16.5. The SMILES string of the molecule is COC(=O)CC[C@@H](C)[C@H]1CCC2C3C(CC[C@@]21C)[C@@]1(C)CCC(CNCCN(C)C)C[C@@H]1C[C@H]3O. The smallest absolute Gasteiger partial charge is 0.305 e. The minimum absolute atomic E-state index is 0.0783. The minimum atomic E-state index is -0.132. The number of hydrogen-bond acceptors (Lipinski definition) is 5. The summed E-state index contributed by atoms with van der Waals surface area (Å²) in [7, 11) is 5.77.